The third-order valence-electron chi connectivity index (χ3n) is 6.42. The van der Waals surface area contributed by atoms with Crippen LogP contribution in [0.4, 0.5) is 0 Å². The zero-order valence-corrected chi connectivity index (χ0v) is 19.4. The fourth-order valence-corrected chi connectivity index (χ4v) is 4.67. The number of rotatable bonds is 7. The largest absolute Gasteiger partial charge is 0.356 e. The molecular formula is C28H31N3O2. The van der Waals surface area contributed by atoms with Gasteiger partial charge in [-0.05, 0) is 55.0 Å². The van der Waals surface area contributed by atoms with Crippen LogP contribution in [0.3, 0.4) is 0 Å². The van der Waals surface area contributed by atoms with Crippen LogP contribution in [0.15, 0.2) is 72.9 Å². The minimum Gasteiger partial charge on any atom is -0.356 e. The number of hydrogen-bond donors (Lipinski definition) is 1. The quantitative estimate of drug-likeness (QED) is 0.580. The van der Waals surface area contributed by atoms with Crippen LogP contribution in [0.2, 0.25) is 0 Å². The fraction of sp³-hybridized carbons (Fsp3) is 0.321. The van der Waals surface area contributed by atoms with Crippen LogP contribution in [0.1, 0.15) is 41.4 Å². The van der Waals surface area contributed by atoms with E-state index < -0.39 is 5.41 Å². The van der Waals surface area contributed by atoms with Gasteiger partial charge >= 0.3 is 0 Å². The highest BCUT2D eigenvalue weighted by Gasteiger charge is 2.46. The van der Waals surface area contributed by atoms with E-state index in [2.05, 4.69) is 53.6 Å². The maximum absolute atomic E-state index is 13.5. The third-order valence-corrected chi connectivity index (χ3v) is 6.42. The minimum atomic E-state index is -0.667. The number of carbonyl (C=O) groups is 2. The number of benzene rings is 2. The first-order valence-corrected chi connectivity index (χ1v) is 11.7. The Kier molecular flexibility index (Phi) is 6.87. The number of likely N-dealkylation sites (tertiary alicyclic amines) is 1. The van der Waals surface area contributed by atoms with E-state index >= 15 is 0 Å². The Bertz CT molecular complexity index is 1130. The molecule has 0 aliphatic carbocycles. The molecule has 2 heterocycles. The Labute approximate surface area is 195 Å². The zero-order valence-electron chi connectivity index (χ0n) is 19.4. The molecule has 0 unspecified atom stereocenters. The summed E-state index contributed by atoms with van der Waals surface area (Å²) >= 11 is 0. The van der Waals surface area contributed by atoms with Gasteiger partial charge in [0.25, 0.3) is 5.91 Å². The molecule has 2 aromatic carbocycles. The van der Waals surface area contributed by atoms with Gasteiger partial charge in [0, 0.05) is 25.8 Å². The van der Waals surface area contributed by atoms with Gasteiger partial charge in [-0.2, -0.15) is 0 Å². The van der Waals surface area contributed by atoms with Crippen molar-refractivity contribution in [1.82, 2.24) is 15.2 Å². The number of aryl methyl sites for hydroxylation is 1. The Morgan fingerprint density at radius 2 is 1.88 bits per heavy atom. The van der Waals surface area contributed by atoms with Crippen molar-refractivity contribution < 1.29 is 9.59 Å². The molecule has 5 heteroatoms. The number of hydrogen-bond acceptors (Lipinski definition) is 3. The lowest BCUT2D eigenvalue weighted by atomic mass is 9.78. The van der Waals surface area contributed by atoms with Crippen LogP contribution in [0.5, 0.6) is 0 Å². The second kappa shape index (κ2) is 9.99. The molecule has 1 atom stereocenters. The standard InChI is InChI=1S/C28H31N3O2/c1-3-15-30-27(33)28(14-17-31(20-28)26(32)25-13-6-7-16-29-25)19-23-10-4-5-12-24(23)22-11-8-9-21(2)18-22/h4-13,16,18H,3,14-15,17,19-20H2,1-2H3,(H,30,33)/t28-/m1/s1. The molecule has 1 aliphatic rings. The summed E-state index contributed by atoms with van der Waals surface area (Å²) in [5, 5.41) is 3.11. The number of pyridine rings is 1. The van der Waals surface area contributed by atoms with E-state index in [1.807, 2.05) is 25.1 Å². The fourth-order valence-electron chi connectivity index (χ4n) is 4.67. The molecule has 1 saturated heterocycles. The first-order chi connectivity index (χ1) is 16.0. The summed E-state index contributed by atoms with van der Waals surface area (Å²) in [4.78, 5) is 32.6. The molecule has 0 radical (unpaired) electrons. The molecule has 3 aromatic rings. The molecule has 1 aliphatic heterocycles. The first kappa shape index (κ1) is 22.7. The van der Waals surface area contributed by atoms with Crippen LogP contribution < -0.4 is 5.32 Å². The smallest absolute Gasteiger partial charge is 0.272 e. The minimum absolute atomic E-state index is 0.0275. The van der Waals surface area contributed by atoms with Crippen LogP contribution in [-0.2, 0) is 11.2 Å². The number of carbonyl (C=O) groups excluding carboxylic acids is 2. The van der Waals surface area contributed by atoms with Crippen molar-refractivity contribution >= 4 is 11.8 Å². The molecule has 1 fully saturated rings. The Hall–Kier alpha value is -3.47. The van der Waals surface area contributed by atoms with Gasteiger partial charge in [-0.15, -0.1) is 0 Å². The van der Waals surface area contributed by atoms with Crippen molar-refractivity contribution in [1.29, 1.82) is 0 Å². The lowest BCUT2D eigenvalue weighted by Gasteiger charge is -2.29. The van der Waals surface area contributed by atoms with Crippen molar-refractivity contribution in [3.8, 4) is 11.1 Å². The van der Waals surface area contributed by atoms with E-state index in [1.165, 1.54) is 5.56 Å². The summed E-state index contributed by atoms with van der Waals surface area (Å²) < 4.78 is 0. The van der Waals surface area contributed by atoms with E-state index in [0.29, 0.717) is 38.2 Å². The number of nitrogens with one attached hydrogen (secondary N) is 1. The Morgan fingerprint density at radius 3 is 2.64 bits per heavy atom. The van der Waals surface area contributed by atoms with Crippen LogP contribution in [0.25, 0.3) is 11.1 Å². The van der Waals surface area contributed by atoms with Crippen LogP contribution in [-0.4, -0.2) is 41.3 Å². The number of nitrogens with zero attached hydrogens (tertiary/aromatic N) is 2. The maximum Gasteiger partial charge on any atom is 0.272 e. The molecule has 5 nitrogen and oxygen atoms in total. The first-order valence-electron chi connectivity index (χ1n) is 11.7. The normalized spacial score (nSPS) is 17.7. The lowest BCUT2D eigenvalue weighted by Crippen LogP contribution is -2.45. The van der Waals surface area contributed by atoms with Gasteiger partial charge in [-0.1, -0.05) is 67.1 Å². The summed E-state index contributed by atoms with van der Waals surface area (Å²) in [7, 11) is 0. The summed E-state index contributed by atoms with van der Waals surface area (Å²) in [5.41, 5.74) is 4.36. The summed E-state index contributed by atoms with van der Waals surface area (Å²) in [6, 6.07) is 22.1. The zero-order chi connectivity index (χ0) is 23.3. The molecule has 170 valence electrons. The van der Waals surface area contributed by atoms with Gasteiger partial charge in [-0.25, -0.2) is 0 Å². The summed E-state index contributed by atoms with van der Waals surface area (Å²) in [6.07, 6.45) is 3.71. The molecule has 4 rings (SSSR count). The van der Waals surface area contributed by atoms with E-state index in [4.69, 9.17) is 0 Å². The topological polar surface area (TPSA) is 62.3 Å². The lowest BCUT2D eigenvalue weighted by molar-refractivity contribution is -0.130. The van der Waals surface area contributed by atoms with E-state index in [9.17, 15) is 9.59 Å². The molecule has 0 saturated carbocycles. The molecular weight excluding hydrogens is 410 g/mol. The third kappa shape index (κ3) is 4.98. The van der Waals surface area contributed by atoms with Gasteiger partial charge in [0.2, 0.25) is 5.91 Å². The molecule has 1 N–H and O–H groups in total. The molecule has 33 heavy (non-hydrogen) atoms. The highest BCUT2D eigenvalue weighted by Crippen LogP contribution is 2.38. The van der Waals surface area contributed by atoms with Gasteiger partial charge < -0.3 is 10.2 Å². The second-order valence-electron chi connectivity index (χ2n) is 8.93. The van der Waals surface area contributed by atoms with E-state index in [-0.39, 0.29) is 11.8 Å². The van der Waals surface area contributed by atoms with Crippen molar-refractivity contribution in [2.75, 3.05) is 19.6 Å². The average molecular weight is 442 g/mol. The maximum atomic E-state index is 13.5. The summed E-state index contributed by atoms with van der Waals surface area (Å²) in [6.45, 7) is 5.70. The van der Waals surface area contributed by atoms with Gasteiger partial charge in [-0.3, -0.25) is 14.6 Å². The number of aromatic nitrogens is 1. The van der Waals surface area contributed by atoms with Gasteiger partial charge in [0.05, 0.1) is 5.41 Å². The monoisotopic (exact) mass is 441 g/mol. The molecule has 0 spiro atoms. The van der Waals surface area contributed by atoms with Crippen molar-refractivity contribution in [3.63, 3.8) is 0 Å². The van der Waals surface area contributed by atoms with Crippen molar-refractivity contribution in [2.24, 2.45) is 5.41 Å². The highest BCUT2D eigenvalue weighted by atomic mass is 16.2. The van der Waals surface area contributed by atoms with E-state index in [1.54, 1.807) is 23.2 Å². The second-order valence-corrected chi connectivity index (χ2v) is 8.93. The predicted molar refractivity (Wildman–Crippen MR) is 131 cm³/mol. The summed E-state index contributed by atoms with van der Waals surface area (Å²) in [5.74, 6) is -0.0903. The molecule has 1 aromatic heterocycles. The van der Waals surface area contributed by atoms with Crippen molar-refractivity contribution in [2.45, 2.75) is 33.1 Å². The van der Waals surface area contributed by atoms with Gasteiger partial charge in [0.1, 0.15) is 5.69 Å². The Morgan fingerprint density at radius 1 is 1.06 bits per heavy atom. The number of amides is 2. The average Bonchev–Trinajstić information content (AvgIpc) is 3.28. The SMILES string of the molecule is CCCNC(=O)[C@@]1(Cc2ccccc2-c2cccc(C)c2)CCN(C(=O)c2ccccn2)C1. The van der Waals surface area contributed by atoms with Crippen molar-refractivity contribution in [3.05, 3.63) is 89.7 Å². The van der Waals surface area contributed by atoms with E-state index in [0.717, 1.165) is 23.1 Å². The van der Waals surface area contributed by atoms with Gasteiger partial charge in [0.15, 0.2) is 0 Å². The molecule has 0 bridgehead atoms. The molecule has 2 amide bonds. The van der Waals surface area contributed by atoms with Crippen LogP contribution >= 0.6 is 0 Å². The van der Waals surface area contributed by atoms with Crippen LogP contribution in [0, 0.1) is 12.3 Å². The highest BCUT2D eigenvalue weighted by molar-refractivity contribution is 5.94. The predicted octanol–water partition coefficient (Wildman–Crippen LogP) is 4.66. The Balaban J connectivity index is 1.66.